The van der Waals surface area contributed by atoms with Gasteiger partial charge in [0.05, 0.1) is 17.6 Å². The molecular weight excluding hydrogens is 383 g/mol. The van der Waals surface area contributed by atoms with E-state index in [1.165, 1.54) is 0 Å². The van der Waals surface area contributed by atoms with E-state index in [2.05, 4.69) is 10.3 Å². The molecule has 1 amide bonds. The predicted octanol–water partition coefficient (Wildman–Crippen LogP) is 3.96. The zero-order valence-corrected chi connectivity index (χ0v) is 15.6. The number of ether oxygens (including phenoxy) is 1. The molecule has 1 aromatic heterocycles. The Morgan fingerprint density at radius 3 is 2.72 bits per heavy atom. The number of aromatic nitrogens is 2. The lowest BCUT2D eigenvalue weighted by molar-refractivity contribution is -0.146. The van der Waals surface area contributed by atoms with E-state index in [1.54, 1.807) is 24.3 Å². The zero-order valence-electron chi connectivity index (χ0n) is 15.6. The molecular formula is C21H20F3N3O2. The second-order valence-corrected chi connectivity index (χ2v) is 7.03. The van der Waals surface area contributed by atoms with Crippen molar-refractivity contribution in [3.63, 3.8) is 0 Å². The van der Waals surface area contributed by atoms with Gasteiger partial charge in [-0.2, -0.15) is 13.2 Å². The van der Waals surface area contributed by atoms with Gasteiger partial charge in [-0.15, -0.1) is 0 Å². The van der Waals surface area contributed by atoms with E-state index in [-0.39, 0.29) is 31.4 Å². The highest BCUT2D eigenvalue weighted by molar-refractivity contribution is 5.77. The van der Waals surface area contributed by atoms with Crippen LogP contribution in [0.3, 0.4) is 0 Å². The lowest BCUT2D eigenvalue weighted by Gasteiger charge is -2.13. The third kappa shape index (κ3) is 4.21. The Labute approximate surface area is 165 Å². The first kappa shape index (κ1) is 19.3. The molecule has 5 nitrogen and oxygen atoms in total. The molecule has 29 heavy (non-hydrogen) atoms. The van der Waals surface area contributed by atoms with Gasteiger partial charge in [-0.05, 0) is 30.2 Å². The first-order valence-corrected chi connectivity index (χ1v) is 9.45. The Balaban J connectivity index is 1.31. The van der Waals surface area contributed by atoms with Crippen LogP contribution >= 0.6 is 0 Å². The maximum atomic E-state index is 13.3. The number of nitrogens with one attached hydrogen (secondary N) is 1. The maximum absolute atomic E-state index is 13.3. The van der Waals surface area contributed by atoms with Crippen molar-refractivity contribution in [1.82, 2.24) is 14.9 Å². The topological polar surface area (TPSA) is 56.2 Å². The minimum Gasteiger partial charge on any atom is -0.488 e. The van der Waals surface area contributed by atoms with E-state index < -0.39 is 12.0 Å². The number of amides is 1. The fourth-order valence-electron chi connectivity index (χ4n) is 3.60. The van der Waals surface area contributed by atoms with Crippen LogP contribution in [0.2, 0.25) is 0 Å². The standard InChI is InChI=1S/C21H20F3N3O2/c22-21(23,24)20-26-16-7-2-3-8-17(16)27(20)11-5-10-19(28)25-13-15-12-14-6-1-4-9-18(14)29-15/h1-4,6-9,15H,5,10-13H2,(H,25,28). The quantitative estimate of drug-likeness (QED) is 0.678. The fraction of sp³-hybridized carbons (Fsp3) is 0.333. The summed E-state index contributed by atoms with van der Waals surface area (Å²) in [7, 11) is 0. The molecule has 8 heteroatoms. The molecule has 0 aliphatic carbocycles. The van der Waals surface area contributed by atoms with E-state index >= 15 is 0 Å². The lowest BCUT2D eigenvalue weighted by atomic mass is 10.1. The lowest BCUT2D eigenvalue weighted by Crippen LogP contribution is -2.34. The zero-order chi connectivity index (χ0) is 20.4. The van der Waals surface area contributed by atoms with Crippen LogP contribution in [-0.2, 0) is 23.9 Å². The summed E-state index contributed by atoms with van der Waals surface area (Å²) < 4.78 is 46.8. The Bertz CT molecular complexity index is 1000. The Morgan fingerprint density at radius 2 is 1.93 bits per heavy atom. The first-order chi connectivity index (χ1) is 13.9. The smallest absolute Gasteiger partial charge is 0.449 e. The van der Waals surface area contributed by atoms with Crippen LogP contribution in [0.4, 0.5) is 13.2 Å². The Morgan fingerprint density at radius 1 is 1.17 bits per heavy atom. The van der Waals surface area contributed by atoms with Crippen LogP contribution in [0.1, 0.15) is 24.2 Å². The number of fused-ring (bicyclic) bond motifs is 2. The number of aryl methyl sites for hydroxylation is 1. The summed E-state index contributed by atoms with van der Waals surface area (Å²) in [6.07, 6.45) is -3.53. The number of carbonyl (C=O) groups excluding carboxylic acids is 1. The van der Waals surface area contributed by atoms with E-state index in [1.807, 2.05) is 24.3 Å². The molecule has 3 aromatic rings. The SMILES string of the molecule is O=C(CCCn1c(C(F)(F)F)nc2ccccc21)NCC1Cc2ccccc2O1. The third-order valence-corrected chi connectivity index (χ3v) is 4.93. The van der Waals surface area contributed by atoms with Crippen LogP contribution < -0.4 is 10.1 Å². The van der Waals surface area contributed by atoms with Crippen molar-refractivity contribution >= 4 is 16.9 Å². The minimum absolute atomic E-state index is 0.0636. The molecule has 1 aliphatic heterocycles. The van der Waals surface area contributed by atoms with Crippen molar-refractivity contribution < 1.29 is 22.7 Å². The number of halogens is 3. The number of para-hydroxylation sites is 3. The number of benzene rings is 2. The summed E-state index contributed by atoms with van der Waals surface area (Å²) in [6, 6.07) is 14.2. The van der Waals surface area contributed by atoms with Crippen LogP contribution in [0.25, 0.3) is 11.0 Å². The van der Waals surface area contributed by atoms with Crippen LogP contribution in [0.15, 0.2) is 48.5 Å². The highest BCUT2D eigenvalue weighted by Gasteiger charge is 2.37. The number of rotatable bonds is 6. The molecule has 0 saturated carbocycles. The highest BCUT2D eigenvalue weighted by atomic mass is 19.4. The van der Waals surface area contributed by atoms with Crippen molar-refractivity contribution in [3.8, 4) is 5.75 Å². The molecule has 152 valence electrons. The molecule has 2 heterocycles. The van der Waals surface area contributed by atoms with Crippen LogP contribution in [-0.4, -0.2) is 28.1 Å². The summed E-state index contributed by atoms with van der Waals surface area (Å²) in [5.41, 5.74) is 1.82. The van der Waals surface area contributed by atoms with E-state index in [0.29, 0.717) is 17.6 Å². The van der Waals surface area contributed by atoms with Gasteiger partial charge >= 0.3 is 6.18 Å². The Hall–Kier alpha value is -3.03. The molecule has 0 bridgehead atoms. The van der Waals surface area contributed by atoms with Crippen molar-refractivity contribution in [2.45, 2.75) is 38.1 Å². The number of hydrogen-bond donors (Lipinski definition) is 1. The number of carbonyl (C=O) groups is 1. The second-order valence-electron chi connectivity index (χ2n) is 7.03. The summed E-state index contributed by atoms with van der Waals surface area (Å²) in [4.78, 5) is 15.8. The van der Waals surface area contributed by atoms with E-state index in [0.717, 1.165) is 22.3 Å². The molecule has 0 fully saturated rings. The van der Waals surface area contributed by atoms with E-state index in [4.69, 9.17) is 4.74 Å². The average molecular weight is 403 g/mol. The van der Waals surface area contributed by atoms with Crippen LogP contribution in [0.5, 0.6) is 5.75 Å². The number of nitrogens with zero attached hydrogens (tertiary/aromatic N) is 2. The Kier molecular flexibility index (Phi) is 5.17. The largest absolute Gasteiger partial charge is 0.488 e. The molecule has 1 aliphatic rings. The van der Waals surface area contributed by atoms with E-state index in [9.17, 15) is 18.0 Å². The molecule has 2 aromatic carbocycles. The van der Waals surface area contributed by atoms with Crippen molar-refractivity contribution in [1.29, 1.82) is 0 Å². The molecule has 1 atom stereocenters. The van der Waals surface area contributed by atoms with Crippen LogP contribution in [0, 0.1) is 0 Å². The normalized spacial score (nSPS) is 15.9. The van der Waals surface area contributed by atoms with Gasteiger partial charge in [0.15, 0.2) is 0 Å². The van der Waals surface area contributed by atoms with Crippen molar-refractivity contribution in [2.75, 3.05) is 6.54 Å². The second kappa shape index (κ2) is 7.77. The molecule has 0 radical (unpaired) electrons. The summed E-state index contributed by atoms with van der Waals surface area (Å²) in [5.74, 6) is -0.308. The van der Waals surface area contributed by atoms with Gasteiger partial charge in [-0.3, -0.25) is 4.79 Å². The molecule has 0 saturated heterocycles. The van der Waals surface area contributed by atoms with Gasteiger partial charge in [-0.25, -0.2) is 4.98 Å². The fourth-order valence-corrected chi connectivity index (χ4v) is 3.60. The predicted molar refractivity (Wildman–Crippen MR) is 102 cm³/mol. The molecule has 1 N–H and O–H groups in total. The van der Waals surface area contributed by atoms with Gasteiger partial charge in [0.25, 0.3) is 0 Å². The average Bonchev–Trinajstić information content (AvgIpc) is 3.27. The number of imidazole rings is 1. The summed E-state index contributed by atoms with van der Waals surface area (Å²) >= 11 is 0. The first-order valence-electron chi connectivity index (χ1n) is 9.45. The van der Waals surface area contributed by atoms with Gasteiger partial charge in [-0.1, -0.05) is 30.3 Å². The maximum Gasteiger partial charge on any atom is 0.449 e. The van der Waals surface area contributed by atoms with Gasteiger partial charge in [0, 0.05) is 19.4 Å². The number of hydrogen-bond acceptors (Lipinski definition) is 3. The summed E-state index contributed by atoms with van der Waals surface area (Å²) in [5, 5.41) is 2.81. The van der Waals surface area contributed by atoms with Crippen molar-refractivity contribution in [3.05, 3.63) is 59.9 Å². The summed E-state index contributed by atoms with van der Waals surface area (Å²) in [6.45, 7) is 0.434. The number of alkyl halides is 3. The minimum atomic E-state index is -4.55. The molecule has 4 rings (SSSR count). The molecule has 0 spiro atoms. The molecule has 1 unspecified atom stereocenters. The third-order valence-electron chi connectivity index (χ3n) is 4.93. The monoisotopic (exact) mass is 403 g/mol. The van der Waals surface area contributed by atoms with Crippen molar-refractivity contribution in [2.24, 2.45) is 0 Å². The van der Waals surface area contributed by atoms with Gasteiger partial charge in [0.2, 0.25) is 11.7 Å². The van der Waals surface area contributed by atoms with Gasteiger partial charge in [0.1, 0.15) is 11.9 Å². The highest BCUT2D eigenvalue weighted by Crippen LogP contribution is 2.32. The van der Waals surface area contributed by atoms with Gasteiger partial charge < -0.3 is 14.6 Å².